The van der Waals surface area contributed by atoms with Crippen LogP contribution in [0.5, 0.6) is 0 Å². The quantitative estimate of drug-likeness (QED) is 0.402. The molecule has 2 heteroatoms. The molecular weight excluding hydrogens is 126 g/mol. The zero-order chi connectivity index (χ0) is 6.97. The Bertz CT molecular complexity index is 215. The number of oxime groups is 1. The molecule has 2 nitrogen and oxygen atoms in total. The van der Waals surface area contributed by atoms with Crippen molar-refractivity contribution in [3.05, 3.63) is 11.1 Å². The first-order valence-corrected chi connectivity index (χ1v) is 3.84. The molecule has 0 aromatic carbocycles. The second-order valence-corrected chi connectivity index (χ2v) is 2.98. The Kier molecular flexibility index (Phi) is 1.26. The predicted molar refractivity (Wildman–Crippen MR) is 39.3 cm³/mol. The standard InChI is InChI=1S/C8H11NO/c10-9-8-5-4-6-2-1-3-7(6)8/h10H,1-5H2/b9-8+. The van der Waals surface area contributed by atoms with Gasteiger partial charge in [0.15, 0.2) is 0 Å². The van der Waals surface area contributed by atoms with Gasteiger partial charge in [-0.3, -0.25) is 0 Å². The summed E-state index contributed by atoms with van der Waals surface area (Å²) in [7, 11) is 0. The van der Waals surface area contributed by atoms with Crippen molar-refractivity contribution >= 4 is 5.71 Å². The van der Waals surface area contributed by atoms with Crippen LogP contribution in [0, 0.1) is 0 Å². The van der Waals surface area contributed by atoms with Gasteiger partial charge in [-0.15, -0.1) is 0 Å². The number of hydrogen-bond acceptors (Lipinski definition) is 2. The highest BCUT2D eigenvalue weighted by atomic mass is 16.4. The Labute approximate surface area is 60.2 Å². The Hall–Kier alpha value is -0.790. The Morgan fingerprint density at radius 2 is 2.00 bits per heavy atom. The number of rotatable bonds is 0. The monoisotopic (exact) mass is 137 g/mol. The topological polar surface area (TPSA) is 32.6 Å². The highest BCUT2D eigenvalue weighted by molar-refractivity contribution is 6.03. The van der Waals surface area contributed by atoms with Gasteiger partial charge in [-0.1, -0.05) is 10.7 Å². The molecule has 0 heterocycles. The minimum atomic E-state index is 0.951. The molecule has 1 N–H and O–H groups in total. The maximum absolute atomic E-state index is 8.57. The number of nitrogens with zero attached hydrogens (tertiary/aromatic N) is 1. The Morgan fingerprint density at radius 1 is 1.10 bits per heavy atom. The molecule has 0 aromatic rings. The lowest BCUT2D eigenvalue weighted by Crippen LogP contribution is -1.94. The summed E-state index contributed by atoms with van der Waals surface area (Å²) in [5.74, 6) is 0. The molecule has 0 unspecified atom stereocenters. The zero-order valence-corrected chi connectivity index (χ0v) is 5.93. The van der Waals surface area contributed by atoms with Crippen LogP contribution in [0.2, 0.25) is 0 Å². The first-order valence-electron chi connectivity index (χ1n) is 3.84. The van der Waals surface area contributed by atoms with Gasteiger partial charge in [-0.05, 0) is 37.7 Å². The molecule has 2 rings (SSSR count). The van der Waals surface area contributed by atoms with E-state index in [9.17, 15) is 0 Å². The lowest BCUT2D eigenvalue weighted by atomic mass is 10.1. The van der Waals surface area contributed by atoms with Crippen LogP contribution >= 0.6 is 0 Å². The molecule has 0 fully saturated rings. The van der Waals surface area contributed by atoms with Crippen molar-refractivity contribution in [2.24, 2.45) is 5.16 Å². The molecule has 0 spiro atoms. The smallest absolute Gasteiger partial charge is 0.0830 e. The molecule has 0 aliphatic heterocycles. The van der Waals surface area contributed by atoms with Gasteiger partial charge in [-0.2, -0.15) is 0 Å². The largest absolute Gasteiger partial charge is 0.411 e. The van der Waals surface area contributed by atoms with Crippen molar-refractivity contribution in [2.45, 2.75) is 32.1 Å². The molecule has 0 saturated carbocycles. The SMILES string of the molecule is O/N=C1\CCC2=C1CCC2. The van der Waals surface area contributed by atoms with E-state index >= 15 is 0 Å². The van der Waals surface area contributed by atoms with E-state index < -0.39 is 0 Å². The molecule has 0 amide bonds. The van der Waals surface area contributed by atoms with Crippen LogP contribution in [0.4, 0.5) is 0 Å². The third-order valence-corrected chi connectivity index (χ3v) is 2.46. The van der Waals surface area contributed by atoms with Crippen LogP contribution in [0.3, 0.4) is 0 Å². The van der Waals surface area contributed by atoms with Crippen LogP contribution in [-0.4, -0.2) is 10.9 Å². The second kappa shape index (κ2) is 2.11. The average molecular weight is 137 g/mol. The van der Waals surface area contributed by atoms with E-state index in [1.165, 1.54) is 18.4 Å². The van der Waals surface area contributed by atoms with Crippen LogP contribution in [-0.2, 0) is 0 Å². The molecule has 10 heavy (non-hydrogen) atoms. The van der Waals surface area contributed by atoms with Crippen molar-refractivity contribution in [1.29, 1.82) is 0 Å². The van der Waals surface area contributed by atoms with E-state index in [0.717, 1.165) is 25.0 Å². The van der Waals surface area contributed by atoms with Gasteiger partial charge in [0.2, 0.25) is 0 Å². The van der Waals surface area contributed by atoms with E-state index in [4.69, 9.17) is 5.21 Å². The van der Waals surface area contributed by atoms with Gasteiger partial charge in [0.25, 0.3) is 0 Å². The van der Waals surface area contributed by atoms with Crippen LogP contribution in [0.15, 0.2) is 16.3 Å². The summed E-state index contributed by atoms with van der Waals surface area (Å²) < 4.78 is 0. The molecule has 54 valence electrons. The summed E-state index contributed by atoms with van der Waals surface area (Å²) in [6.07, 6.45) is 5.78. The maximum atomic E-state index is 8.57. The molecule has 0 atom stereocenters. The first-order chi connectivity index (χ1) is 4.92. The van der Waals surface area contributed by atoms with E-state index in [2.05, 4.69) is 5.16 Å². The summed E-state index contributed by atoms with van der Waals surface area (Å²) in [6, 6.07) is 0. The van der Waals surface area contributed by atoms with E-state index in [0.29, 0.717) is 0 Å². The summed E-state index contributed by atoms with van der Waals surface area (Å²) in [5.41, 5.74) is 3.86. The Morgan fingerprint density at radius 3 is 2.80 bits per heavy atom. The molecule has 0 saturated heterocycles. The van der Waals surface area contributed by atoms with Gasteiger partial charge < -0.3 is 5.21 Å². The van der Waals surface area contributed by atoms with E-state index in [1.807, 2.05) is 0 Å². The lowest BCUT2D eigenvalue weighted by molar-refractivity contribution is 0.318. The Balaban J connectivity index is 2.32. The van der Waals surface area contributed by atoms with Crippen molar-refractivity contribution in [3.63, 3.8) is 0 Å². The summed E-state index contributed by atoms with van der Waals surface area (Å²) in [4.78, 5) is 0. The van der Waals surface area contributed by atoms with Gasteiger partial charge in [0.05, 0.1) is 5.71 Å². The number of hydrogen-bond donors (Lipinski definition) is 1. The van der Waals surface area contributed by atoms with Crippen LogP contribution < -0.4 is 0 Å². The van der Waals surface area contributed by atoms with Gasteiger partial charge in [-0.25, -0.2) is 0 Å². The first kappa shape index (κ1) is 5.96. The van der Waals surface area contributed by atoms with Crippen molar-refractivity contribution in [2.75, 3.05) is 0 Å². The second-order valence-electron chi connectivity index (χ2n) is 2.98. The average Bonchev–Trinajstić information content (AvgIpc) is 2.44. The highest BCUT2D eigenvalue weighted by Gasteiger charge is 2.24. The van der Waals surface area contributed by atoms with E-state index in [1.54, 1.807) is 5.57 Å². The van der Waals surface area contributed by atoms with Crippen molar-refractivity contribution < 1.29 is 5.21 Å². The fraction of sp³-hybridized carbons (Fsp3) is 0.625. The van der Waals surface area contributed by atoms with Gasteiger partial charge >= 0.3 is 0 Å². The normalized spacial score (nSPS) is 28.2. The summed E-state index contributed by atoms with van der Waals surface area (Å²) >= 11 is 0. The maximum Gasteiger partial charge on any atom is 0.0830 e. The number of allylic oxidation sites excluding steroid dienone is 2. The lowest BCUT2D eigenvalue weighted by Gasteiger charge is -1.95. The van der Waals surface area contributed by atoms with Crippen molar-refractivity contribution in [3.8, 4) is 0 Å². The molecule has 0 radical (unpaired) electrons. The third-order valence-electron chi connectivity index (χ3n) is 2.46. The van der Waals surface area contributed by atoms with Crippen LogP contribution in [0.25, 0.3) is 0 Å². The van der Waals surface area contributed by atoms with Gasteiger partial charge in [0, 0.05) is 0 Å². The molecule has 2 aliphatic rings. The minimum Gasteiger partial charge on any atom is -0.411 e. The molecule has 2 aliphatic carbocycles. The van der Waals surface area contributed by atoms with Crippen molar-refractivity contribution in [1.82, 2.24) is 0 Å². The van der Waals surface area contributed by atoms with Crippen LogP contribution in [0.1, 0.15) is 32.1 Å². The predicted octanol–water partition coefficient (Wildman–Crippen LogP) is 2.09. The fourth-order valence-electron chi connectivity index (χ4n) is 1.96. The summed E-state index contributed by atoms with van der Waals surface area (Å²) in [5, 5.41) is 11.9. The fourth-order valence-corrected chi connectivity index (χ4v) is 1.96. The molecular formula is C8H11NO. The minimum absolute atomic E-state index is 0.951. The highest BCUT2D eigenvalue weighted by Crippen LogP contribution is 2.36. The molecule has 0 aromatic heterocycles. The summed E-state index contributed by atoms with van der Waals surface area (Å²) in [6.45, 7) is 0. The zero-order valence-electron chi connectivity index (χ0n) is 5.93. The van der Waals surface area contributed by atoms with Gasteiger partial charge in [0.1, 0.15) is 0 Å². The third kappa shape index (κ3) is 0.681. The van der Waals surface area contributed by atoms with E-state index in [-0.39, 0.29) is 0 Å². The molecule has 0 bridgehead atoms.